The van der Waals surface area contributed by atoms with Crippen molar-refractivity contribution < 1.29 is 29.2 Å². The van der Waals surface area contributed by atoms with E-state index in [1.54, 1.807) is 24.3 Å². The van der Waals surface area contributed by atoms with E-state index >= 15 is 0 Å². The summed E-state index contributed by atoms with van der Waals surface area (Å²) in [6, 6.07) is 12.8. The minimum absolute atomic E-state index is 0.0322. The monoisotopic (exact) mass is 507 g/mol. The lowest BCUT2D eigenvalue weighted by Gasteiger charge is -2.17. The molecule has 6 nitrogen and oxygen atoms in total. The molecule has 4 rings (SSSR count). The Balaban J connectivity index is 0.000000229. The summed E-state index contributed by atoms with van der Waals surface area (Å²) in [5.41, 5.74) is 0.432. The minimum atomic E-state index is -5.58. The first-order valence-corrected chi connectivity index (χ1v) is 13.5. The molecule has 10 heteroatoms. The molecule has 1 aromatic carbocycles. The summed E-state index contributed by atoms with van der Waals surface area (Å²) in [5.74, 6) is 0. The molecule has 0 unspecified atom stereocenters. The molecule has 0 aliphatic heterocycles. The van der Waals surface area contributed by atoms with Crippen molar-refractivity contribution in [3.05, 3.63) is 87.4 Å². The number of aryl methyl sites for hydroxylation is 1. The van der Waals surface area contributed by atoms with Crippen LogP contribution in [0, 0.1) is 5.41 Å². The standard InChI is InChI=1S/C13H7F2NO4S2.C11H18N/c14-21(17,18)11-6-9-8-4-2-1-3-7(8)5-10(9)12(16)13(11)22(15,19)20;1-2-3-4-6-9-12-10-7-5-8-11-12/h1-6,16H;5,7-8,10-11H,2-4,6,9H2,1H3/q;+1. The summed E-state index contributed by atoms with van der Waals surface area (Å²) in [6.07, 6.45) is 11.8. The molecule has 0 radical (unpaired) electrons. The normalized spacial score (nSPS) is 15.1. The molecule has 0 fully saturated rings. The summed E-state index contributed by atoms with van der Waals surface area (Å²) >= 11 is 0. The molecule has 0 saturated heterocycles. The minimum Gasteiger partial charge on any atom is -0.299 e. The molecule has 1 heterocycles. The van der Waals surface area contributed by atoms with Crippen molar-refractivity contribution in [2.24, 2.45) is 0 Å². The molecular weight excluding hydrogens is 482 g/mol. The van der Waals surface area contributed by atoms with Gasteiger partial charge in [0.2, 0.25) is 0 Å². The Bertz CT molecular complexity index is 1400. The summed E-state index contributed by atoms with van der Waals surface area (Å²) in [5, 5.41) is 7.80. The maximum atomic E-state index is 13.4. The van der Waals surface area contributed by atoms with Gasteiger partial charge < -0.3 is 0 Å². The van der Waals surface area contributed by atoms with Crippen molar-refractivity contribution in [1.82, 2.24) is 0 Å². The van der Waals surface area contributed by atoms with Crippen molar-refractivity contribution in [3.63, 3.8) is 0 Å². The first-order valence-electron chi connectivity index (χ1n) is 10.7. The van der Waals surface area contributed by atoms with Gasteiger partial charge in [-0.25, -0.2) is 4.57 Å². The maximum absolute atomic E-state index is 13.4. The third-order valence-electron chi connectivity index (χ3n) is 5.39. The summed E-state index contributed by atoms with van der Waals surface area (Å²) in [7, 11) is -11.1. The van der Waals surface area contributed by atoms with Crippen LogP contribution >= 0.6 is 0 Å². The van der Waals surface area contributed by atoms with Crippen molar-refractivity contribution in [2.75, 3.05) is 0 Å². The van der Waals surface area contributed by atoms with Crippen LogP contribution in [0.5, 0.6) is 0 Å². The first kappa shape index (κ1) is 25.6. The van der Waals surface area contributed by atoms with Gasteiger partial charge in [-0.3, -0.25) is 5.41 Å². The predicted molar refractivity (Wildman–Crippen MR) is 128 cm³/mol. The Labute approximate surface area is 198 Å². The van der Waals surface area contributed by atoms with Crippen molar-refractivity contribution in [3.8, 4) is 0 Å². The zero-order chi connectivity index (χ0) is 24.9. The van der Waals surface area contributed by atoms with Gasteiger partial charge in [0.05, 0.1) is 5.71 Å². The lowest BCUT2D eigenvalue weighted by molar-refractivity contribution is -0.697. The zero-order valence-electron chi connectivity index (χ0n) is 18.5. The zero-order valence-corrected chi connectivity index (χ0v) is 20.2. The van der Waals surface area contributed by atoms with E-state index in [4.69, 9.17) is 5.41 Å². The van der Waals surface area contributed by atoms with E-state index in [1.165, 1.54) is 38.3 Å². The number of nitrogens with one attached hydrogen (secondary N) is 1. The molecule has 0 bridgehead atoms. The van der Waals surface area contributed by atoms with Crippen LogP contribution in [-0.2, 0) is 27.0 Å². The summed E-state index contributed by atoms with van der Waals surface area (Å²) < 4.78 is 73.7. The third-order valence-corrected chi connectivity index (χ3v) is 7.28. The largest absolute Gasteiger partial charge is 0.335 e. The molecule has 1 N–H and O–H groups in total. The van der Waals surface area contributed by atoms with E-state index < -0.39 is 36.0 Å². The van der Waals surface area contributed by atoms with E-state index in [0.29, 0.717) is 11.1 Å². The Kier molecular flexibility index (Phi) is 7.93. The van der Waals surface area contributed by atoms with E-state index in [1.807, 2.05) is 0 Å². The van der Waals surface area contributed by atoms with E-state index in [2.05, 4.69) is 42.1 Å². The number of pyridine rings is 1. The van der Waals surface area contributed by atoms with Gasteiger partial charge >= 0.3 is 20.4 Å². The second-order valence-corrected chi connectivity index (χ2v) is 10.4. The molecule has 0 saturated carbocycles. The van der Waals surface area contributed by atoms with Gasteiger partial charge in [-0.05, 0) is 35.3 Å². The van der Waals surface area contributed by atoms with Gasteiger partial charge in [0.1, 0.15) is 16.4 Å². The highest BCUT2D eigenvalue weighted by atomic mass is 32.3. The summed E-state index contributed by atoms with van der Waals surface area (Å²) in [4.78, 5) is -2.83. The fourth-order valence-electron chi connectivity index (χ4n) is 3.78. The van der Waals surface area contributed by atoms with Gasteiger partial charge in [-0.15, -0.1) is 7.77 Å². The van der Waals surface area contributed by atoms with Crippen LogP contribution in [0.1, 0.15) is 43.7 Å². The second-order valence-electron chi connectivity index (χ2n) is 7.82. The number of fused-ring (bicyclic) bond motifs is 3. The van der Waals surface area contributed by atoms with Crippen LogP contribution in [0.4, 0.5) is 7.77 Å². The number of aromatic nitrogens is 1. The quantitative estimate of drug-likeness (QED) is 0.329. The molecule has 1 aromatic heterocycles. The average molecular weight is 508 g/mol. The van der Waals surface area contributed by atoms with Crippen molar-refractivity contribution in [2.45, 2.75) is 39.2 Å². The Morgan fingerprint density at radius 3 is 2.12 bits per heavy atom. The molecule has 2 aromatic rings. The highest BCUT2D eigenvalue weighted by Crippen LogP contribution is 2.43. The number of hydrogen-bond acceptors (Lipinski definition) is 5. The smallest absolute Gasteiger partial charge is 0.299 e. The topological polar surface area (TPSA) is 96.0 Å². The van der Waals surface area contributed by atoms with E-state index in [0.717, 1.165) is 6.08 Å². The Morgan fingerprint density at radius 1 is 0.824 bits per heavy atom. The van der Waals surface area contributed by atoms with Gasteiger partial charge in [0.25, 0.3) is 0 Å². The molecule has 0 spiro atoms. The number of rotatable bonds is 7. The molecule has 2 aliphatic rings. The molecule has 34 heavy (non-hydrogen) atoms. The van der Waals surface area contributed by atoms with E-state index in [9.17, 15) is 24.6 Å². The summed E-state index contributed by atoms with van der Waals surface area (Å²) in [6.45, 7) is 3.41. The predicted octanol–water partition coefficient (Wildman–Crippen LogP) is 4.86. The lowest BCUT2D eigenvalue weighted by Crippen LogP contribution is -2.32. The van der Waals surface area contributed by atoms with Crippen LogP contribution in [0.2, 0.25) is 0 Å². The number of unbranched alkanes of at least 4 members (excludes halogenated alkanes) is 3. The fraction of sp³-hybridized carbons (Fsp3) is 0.250. The first-order chi connectivity index (χ1) is 16.0. The number of hydrogen-bond donors (Lipinski definition) is 1. The third kappa shape index (κ3) is 5.92. The molecule has 2 aliphatic carbocycles. The molecule has 180 valence electrons. The highest BCUT2D eigenvalue weighted by molar-refractivity contribution is 7.95. The van der Waals surface area contributed by atoms with E-state index in [-0.39, 0.29) is 11.1 Å². The van der Waals surface area contributed by atoms with Crippen LogP contribution in [0.25, 0.3) is 11.6 Å². The van der Waals surface area contributed by atoms with Crippen LogP contribution < -0.4 is 4.57 Å². The number of allylic oxidation sites excluding steroid dienone is 4. The van der Waals surface area contributed by atoms with Gasteiger partial charge in [0, 0.05) is 24.1 Å². The van der Waals surface area contributed by atoms with Crippen LogP contribution in [-0.4, -0.2) is 22.5 Å². The Hall–Kier alpha value is -2.98. The molecule has 0 amide bonds. The number of halogens is 2. The molecule has 0 atom stereocenters. The van der Waals surface area contributed by atoms with Crippen molar-refractivity contribution >= 4 is 37.8 Å². The van der Waals surface area contributed by atoms with Crippen LogP contribution in [0.15, 0.2) is 76.3 Å². The highest BCUT2D eigenvalue weighted by Gasteiger charge is 2.39. The van der Waals surface area contributed by atoms with Crippen molar-refractivity contribution in [1.29, 1.82) is 5.41 Å². The molecular formula is C24H25F2N2O4S2+. The van der Waals surface area contributed by atoms with Crippen LogP contribution in [0.3, 0.4) is 0 Å². The maximum Gasteiger partial charge on any atom is 0.335 e. The lowest BCUT2D eigenvalue weighted by atomic mass is 9.95. The SMILES string of the molecule is CCCCCC[n+]1ccccc1.N=C1C2=Cc3ccccc3C2=CC(S(=O)(=O)F)=C1S(=O)(=O)F. The number of nitrogens with zero attached hydrogens (tertiary/aromatic N) is 1. The average Bonchev–Trinajstić information content (AvgIpc) is 3.16. The van der Waals surface area contributed by atoms with Gasteiger partial charge in [-0.2, -0.15) is 16.8 Å². The number of benzene rings is 1. The fourth-order valence-corrected chi connectivity index (χ4v) is 5.61. The second kappa shape index (κ2) is 10.5. The van der Waals surface area contributed by atoms with Gasteiger partial charge in [-0.1, -0.05) is 50.1 Å². The Morgan fingerprint density at radius 2 is 1.50 bits per heavy atom. The van der Waals surface area contributed by atoms with Gasteiger partial charge in [0.15, 0.2) is 12.4 Å².